The predicted octanol–water partition coefficient (Wildman–Crippen LogP) is 2.99. The first kappa shape index (κ1) is 19.4. The van der Waals surface area contributed by atoms with Crippen molar-refractivity contribution in [1.82, 2.24) is 15.1 Å². The Morgan fingerprint density at radius 1 is 1.38 bits per heavy atom. The number of anilines is 2. The summed E-state index contributed by atoms with van der Waals surface area (Å²) in [5.74, 6) is 0.406. The summed E-state index contributed by atoms with van der Waals surface area (Å²) < 4.78 is 16.7. The Morgan fingerprint density at radius 2 is 2.10 bits per heavy atom. The van der Waals surface area contributed by atoms with Gasteiger partial charge in [-0.15, -0.1) is 0 Å². The van der Waals surface area contributed by atoms with Crippen molar-refractivity contribution in [1.29, 1.82) is 0 Å². The summed E-state index contributed by atoms with van der Waals surface area (Å²) in [6, 6.07) is 2.98. The summed E-state index contributed by atoms with van der Waals surface area (Å²) in [5, 5.41) is 7.76. The molecular weight excluding hydrogens is 373 g/mol. The molecule has 1 aliphatic heterocycles. The molecule has 29 heavy (non-hydrogen) atoms. The van der Waals surface area contributed by atoms with Crippen LogP contribution in [0.4, 0.5) is 20.7 Å². The second-order valence-electron chi connectivity index (χ2n) is 8.08. The molecule has 0 radical (unpaired) electrons. The molecule has 1 saturated heterocycles. The maximum Gasteiger partial charge on any atom is 0.322 e. The summed E-state index contributed by atoms with van der Waals surface area (Å²) >= 11 is 0. The van der Waals surface area contributed by atoms with Crippen LogP contribution in [0.25, 0.3) is 10.9 Å². The van der Waals surface area contributed by atoms with E-state index in [1.165, 1.54) is 6.07 Å². The summed E-state index contributed by atoms with van der Waals surface area (Å²) in [5.41, 5.74) is 1.35. The lowest BCUT2D eigenvalue weighted by molar-refractivity contribution is -0.134. The lowest BCUT2D eigenvalue weighted by Gasteiger charge is -2.55. The Bertz CT molecular complexity index is 996. The number of carbonyl (C=O) groups is 2. The van der Waals surface area contributed by atoms with Crippen LogP contribution in [0, 0.1) is 11.2 Å². The van der Waals surface area contributed by atoms with Gasteiger partial charge in [-0.05, 0) is 25.5 Å². The molecule has 0 bridgehead atoms. The van der Waals surface area contributed by atoms with Crippen LogP contribution < -0.4 is 15.1 Å². The SMILES string of the molecule is C/C=C\CCN(C(=O)NC)c1nn(C)c2cc(N3CC4(CC(=O)C4)C3)c(F)cc12. The number of nitrogens with zero attached hydrogens (tertiary/aromatic N) is 4. The lowest BCUT2D eigenvalue weighted by Crippen LogP contribution is -2.63. The van der Waals surface area contributed by atoms with Gasteiger partial charge >= 0.3 is 6.03 Å². The van der Waals surface area contributed by atoms with Crippen molar-refractivity contribution in [3.8, 4) is 0 Å². The molecule has 2 fully saturated rings. The number of hydrogen-bond acceptors (Lipinski definition) is 4. The average Bonchev–Trinajstić information content (AvgIpc) is 2.95. The Hall–Kier alpha value is -2.90. The van der Waals surface area contributed by atoms with E-state index >= 15 is 4.39 Å². The number of ketones is 1. The largest absolute Gasteiger partial charge is 0.368 e. The Balaban J connectivity index is 1.66. The van der Waals surface area contributed by atoms with Crippen molar-refractivity contribution in [3.05, 3.63) is 30.1 Å². The molecule has 1 N–H and O–H groups in total. The van der Waals surface area contributed by atoms with Gasteiger partial charge in [-0.2, -0.15) is 5.10 Å². The van der Waals surface area contributed by atoms with Crippen LogP contribution in [-0.2, 0) is 11.8 Å². The minimum atomic E-state index is -0.336. The lowest BCUT2D eigenvalue weighted by atomic mass is 9.62. The summed E-state index contributed by atoms with van der Waals surface area (Å²) in [6.45, 7) is 3.79. The van der Waals surface area contributed by atoms with Crippen molar-refractivity contribution in [2.75, 3.05) is 36.5 Å². The van der Waals surface area contributed by atoms with Crippen LogP contribution in [0.3, 0.4) is 0 Å². The van der Waals surface area contributed by atoms with Crippen molar-refractivity contribution in [2.45, 2.75) is 26.2 Å². The highest BCUT2D eigenvalue weighted by Gasteiger charge is 2.52. The van der Waals surface area contributed by atoms with Gasteiger partial charge in [-0.3, -0.25) is 14.4 Å². The van der Waals surface area contributed by atoms with Crippen LogP contribution in [0.15, 0.2) is 24.3 Å². The van der Waals surface area contributed by atoms with E-state index in [4.69, 9.17) is 0 Å². The first-order valence-corrected chi connectivity index (χ1v) is 9.91. The van der Waals surface area contributed by atoms with Gasteiger partial charge in [0.15, 0.2) is 5.82 Å². The van der Waals surface area contributed by atoms with E-state index in [0.717, 1.165) is 5.52 Å². The number of Topliss-reactive ketones (excluding diaryl/α,β-unsaturated/α-hetero) is 1. The molecule has 0 atom stereocenters. The van der Waals surface area contributed by atoms with Crippen molar-refractivity contribution in [2.24, 2.45) is 12.5 Å². The van der Waals surface area contributed by atoms with E-state index in [-0.39, 0.29) is 17.3 Å². The van der Waals surface area contributed by atoms with E-state index in [1.54, 1.807) is 29.7 Å². The van der Waals surface area contributed by atoms with Gasteiger partial charge in [0.1, 0.15) is 11.6 Å². The van der Waals surface area contributed by atoms with Gasteiger partial charge in [0.05, 0.1) is 11.2 Å². The quantitative estimate of drug-likeness (QED) is 0.785. The van der Waals surface area contributed by atoms with Crippen LogP contribution in [-0.4, -0.2) is 48.3 Å². The molecule has 2 amide bonds. The number of hydrogen-bond donors (Lipinski definition) is 1. The van der Waals surface area contributed by atoms with Gasteiger partial charge in [-0.25, -0.2) is 9.18 Å². The van der Waals surface area contributed by atoms with Crippen molar-refractivity contribution >= 4 is 34.2 Å². The van der Waals surface area contributed by atoms with Crippen LogP contribution in [0.5, 0.6) is 0 Å². The van der Waals surface area contributed by atoms with Crippen LogP contribution in [0.1, 0.15) is 26.2 Å². The number of fused-ring (bicyclic) bond motifs is 1. The number of amides is 2. The molecule has 0 unspecified atom stereocenters. The Labute approximate surface area is 169 Å². The number of nitrogens with one attached hydrogen (secondary N) is 1. The van der Waals surface area contributed by atoms with E-state index in [1.807, 2.05) is 24.0 Å². The van der Waals surface area contributed by atoms with E-state index in [2.05, 4.69) is 10.4 Å². The van der Waals surface area contributed by atoms with Gasteiger partial charge in [0, 0.05) is 57.4 Å². The molecule has 2 aliphatic rings. The van der Waals surface area contributed by atoms with Gasteiger partial charge in [0.25, 0.3) is 0 Å². The molecule has 4 rings (SSSR count). The van der Waals surface area contributed by atoms with E-state index < -0.39 is 0 Å². The monoisotopic (exact) mass is 399 g/mol. The molecular formula is C21H26FN5O2. The molecule has 1 aromatic carbocycles. The number of rotatable bonds is 5. The number of aryl methyl sites for hydroxylation is 1. The first-order valence-electron chi connectivity index (χ1n) is 9.91. The van der Waals surface area contributed by atoms with Gasteiger partial charge < -0.3 is 10.2 Å². The number of urea groups is 1. The zero-order valence-corrected chi connectivity index (χ0v) is 17.0. The second kappa shape index (κ2) is 7.17. The highest BCUT2D eigenvalue weighted by atomic mass is 19.1. The Kier molecular flexibility index (Phi) is 4.80. The molecule has 1 spiro atoms. The highest BCUT2D eigenvalue weighted by molar-refractivity contribution is 6.01. The smallest absolute Gasteiger partial charge is 0.322 e. The third-order valence-corrected chi connectivity index (χ3v) is 5.91. The first-order chi connectivity index (χ1) is 13.9. The minimum Gasteiger partial charge on any atom is -0.368 e. The zero-order chi connectivity index (χ0) is 20.8. The van der Waals surface area contributed by atoms with Crippen LogP contribution in [0.2, 0.25) is 0 Å². The molecule has 2 aromatic rings. The average molecular weight is 399 g/mol. The summed E-state index contributed by atoms with van der Waals surface area (Å²) in [4.78, 5) is 27.3. The maximum absolute atomic E-state index is 15.0. The minimum absolute atomic E-state index is 0.0545. The summed E-state index contributed by atoms with van der Waals surface area (Å²) in [7, 11) is 3.36. The highest BCUT2D eigenvalue weighted by Crippen LogP contribution is 2.48. The van der Waals surface area contributed by atoms with Crippen LogP contribution >= 0.6 is 0 Å². The zero-order valence-electron chi connectivity index (χ0n) is 17.0. The number of allylic oxidation sites excluding steroid dienone is 1. The third-order valence-electron chi connectivity index (χ3n) is 5.91. The molecule has 7 nitrogen and oxygen atoms in total. The number of benzene rings is 1. The van der Waals surface area contributed by atoms with Gasteiger partial charge in [0.2, 0.25) is 0 Å². The third kappa shape index (κ3) is 3.26. The molecule has 154 valence electrons. The van der Waals surface area contributed by atoms with E-state index in [9.17, 15) is 9.59 Å². The topological polar surface area (TPSA) is 70.5 Å². The number of halogens is 1. The maximum atomic E-state index is 15.0. The second-order valence-corrected chi connectivity index (χ2v) is 8.08. The molecule has 1 aliphatic carbocycles. The fourth-order valence-electron chi connectivity index (χ4n) is 4.44. The number of aromatic nitrogens is 2. The molecule has 2 heterocycles. The normalized spacial score (nSPS) is 17.7. The predicted molar refractivity (Wildman–Crippen MR) is 111 cm³/mol. The molecule has 1 aromatic heterocycles. The van der Waals surface area contributed by atoms with Crippen molar-refractivity contribution in [3.63, 3.8) is 0 Å². The fourth-order valence-corrected chi connectivity index (χ4v) is 4.44. The molecule has 1 saturated carbocycles. The fraction of sp³-hybridized carbons (Fsp3) is 0.476. The summed E-state index contributed by atoms with van der Waals surface area (Å²) in [6.07, 6.45) is 5.80. The van der Waals surface area contributed by atoms with Crippen molar-refractivity contribution < 1.29 is 14.0 Å². The number of carbonyl (C=O) groups excluding carboxylic acids is 2. The molecule has 8 heteroatoms. The standard InChI is InChI=1S/C21H26FN5O2/c1-4-5-6-7-27(20(29)23-2)19-15-8-16(22)18(9-17(15)25(3)24-19)26-12-21(13-26)10-14(28)11-21/h4-5,8-9H,6-7,10-13H2,1-3H3,(H,23,29)/b5-4-. The Morgan fingerprint density at radius 3 is 2.72 bits per heavy atom. The van der Waals surface area contributed by atoms with Gasteiger partial charge in [-0.1, -0.05) is 12.2 Å². The van der Waals surface area contributed by atoms with E-state index in [0.29, 0.717) is 61.6 Å².